The van der Waals surface area contributed by atoms with Gasteiger partial charge >= 0.3 is 0 Å². The lowest BCUT2D eigenvalue weighted by molar-refractivity contribution is -0.115. The van der Waals surface area contributed by atoms with E-state index in [1.54, 1.807) is 47.8 Å². The molecule has 1 aliphatic rings. The summed E-state index contributed by atoms with van der Waals surface area (Å²) in [6.07, 6.45) is 3.03. The molecule has 140 valence electrons. The Balaban J connectivity index is 1.62. The second-order valence-corrected chi connectivity index (χ2v) is 9.47. The molecule has 0 atom stereocenters. The highest BCUT2D eigenvalue weighted by Gasteiger charge is 2.27. The third-order valence-corrected chi connectivity index (χ3v) is 7.71. The van der Waals surface area contributed by atoms with Gasteiger partial charge in [-0.3, -0.25) is 4.79 Å². The summed E-state index contributed by atoms with van der Waals surface area (Å²) in [5.41, 5.74) is 0.675. The second-order valence-electron chi connectivity index (χ2n) is 6.14. The number of piperidine rings is 1. The van der Waals surface area contributed by atoms with Crippen molar-refractivity contribution in [2.75, 3.05) is 25.5 Å². The molecule has 1 aromatic carbocycles. The number of nitrogens with zero attached hydrogens (tertiary/aromatic N) is 1. The minimum Gasteiger partial charge on any atom is -0.497 e. The van der Waals surface area contributed by atoms with Crippen molar-refractivity contribution >= 4 is 33.0 Å². The molecule has 3 rings (SSSR count). The number of amides is 1. The summed E-state index contributed by atoms with van der Waals surface area (Å²) in [5.74, 6) is 0.535. The zero-order valence-electron chi connectivity index (χ0n) is 14.6. The van der Waals surface area contributed by atoms with Gasteiger partial charge in [0.1, 0.15) is 9.96 Å². The minimum atomic E-state index is -3.44. The molecule has 2 heterocycles. The lowest BCUT2D eigenvalue weighted by atomic mass is 10.2. The quantitative estimate of drug-likeness (QED) is 0.817. The van der Waals surface area contributed by atoms with Crippen LogP contribution in [0.1, 0.15) is 24.1 Å². The fraction of sp³-hybridized carbons (Fsp3) is 0.389. The lowest BCUT2D eigenvalue weighted by Crippen LogP contribution is -2.35. The zero-order valence-corrected chi connectivity index (χ0v) is 16.2. The third-order valence-electron chi connectivity index (χ3n) is 4.25. The number of hydrogen-bond acceptors (Lipinski definition) is 5. The number of ether oxygens (including phenoxy) is 1. The van der Waals surface area contributed by atoms with Crippen LogP contribution in [0.25, 0.3) is 0 Å². The maximum absolute atomic E-state index is 12.7. The molecule has 1 fully saturated rings. The SMILES string of the molecule is COc1ccc(NC(=O)Cc2ccc(S(=O)(=O)N3CCCCC3)s2)cc1. The number of anilines is 1. The number of carbonyl (C=O) groups excluding carboxylic acids is 1. The highest BCUT2D eigenvalue weighted by Crippen LogP contribution is 2.27. The van der Waals surface area contributed by atoms with Crippen molar-refractivity contribution in [3.05, 3.63) is 41.3 Å². The van der Waals surface area contributed by atoms with Crippen LogP contribution in [0.5, 0.6) is 5.75 Å². The Morgan fingerprint density at radius 2 is 1.81 bits per heavy atom. The van der Waals surface area contributed by atoms with E-state index in [1.807, 2.05) is 0 Å². The van der Waals surface area contributed by atoms with Gasteiger partial charge < -0.3 is 10.1 Å². The van der Waals surface area contributed by atoms with Crippen LogP contribution in [0, 0.1) is 0 Å². The molecular formula is C18H22N2O4S2. The van der Waals surface area contributed by atoms with E-state index in [-0.39, 0.29) is 12.3 Å². The van der Waals surface area contributed by atoms with Gasteiger partial charge in [0, 0.05) is 23.7 Å². The van der Waals surface area contributed by atoms with Gasteiger partial charge in [-0.2, -0.15) is 4.31 Å². The molecule has 2 aromatic rings. The fourth-order valence-electron chi connectivity index (χ4n) is 2.86. The van der Waals surface area contributed by atoms with Crippen LogP contribution in [-0.4, -0.2) is 38.8 Å². The lowest BCUT2D eigenvalue weighted by Gasteiger charge is -2.25. The van der Waals surface area contributed by atoms with Gasteiger partial charge in [0.15, 0.2) is 0 Å². The number of nitrogens with one attached hydrogen (secondary N) is 1. The van der Waals surface area contributed by atoms with Crippen LogP contribution >= 0.6 is 11.3 Å². The Hall–Kier alpha value is -1.90. The van der Waals surface area contributed by atoms with E-state index in [0.717, 1.165) is 24.1 Å². The molecule has 0 bridgehead atoms. The molecule has 0 spiro atoms. The van der Waals surface area contributed by atoms with Gasteiger partial charge in [-0.1, -0.05) is 6.42 Å². The van der Waals surface area contributed by atoms with Crippen molar-refractivity contribution in [2.24, 2.45) is 0 Å². The molecule has 1 amide bonds. The smallest absolute Gasteiger partial charge is 0.252 e. The normalized spacial score (nSPS) is 15.6. The number of sulfonamides is 1. The monoisotopic (exact) mass is 394 g/mol. The van der Waals surface area contributed by atoms with Gasteiger partial charge in [0.2, 0.25) is 5.91 Å². The molecule has 6 nitrogen and oxygen atoms in total. The van der Waals surface area contributed by atoms with E-state index in [0.29, 0.717) is 28.7 Å². The maximum atomic E-state index is 12.7. The summed E-state index contributed by atoms with van der Waals surface area (Å²) < 4.78 is 32.3. The number of rotatable bonds is 6. The Kier molecular flexibility index (Phi) is 5.95. The summed E-state index contributed by atoms with van der Waals surface area (Å²) in [6, 6.07) is 10.4. The molecule has 0 saturated carbocycles. The molecule has 1 saturated heterocycles. The van der Waals surface area contributed by atoms with Crippen LogP contribution in [0.2, 0.25) is 0 Å². The summed E-state index contributed by atoms with van der Waals surface area (Å²) in [6.45, 7) is 1.15. The molecule has 1 aromatic heterocycles. The fourth-order valence-corrected chi connectivity index (χ4v) is 5.89. The molecule has 1 aliphatic heterocycles. The highest BCUT2D eigenvalue weighted by molar-refractivity contribution is 7.91. The average Bonchev–Trinajstić information content (AvgIpc) is 3.12. The molecule has 0 unspecified atom stereocenters. The second kappa shape index (κ2) is 8.20. The molecule has 1 N–H and O–H groups in total. The van der Waals surface area contributed by atoms with Crippen molar-refractivity contribution in [3.63, 3.8) is 0 Å². The summed E-state index contributed by atoms with van der Waals surface area (Å²) in [7, 11) is -1.85. The molecule has 26 heavy (non-hydrogen) atoms. The van der Waals surface area contributed by atoms with E-state index < -0.39 is 10.0 Å². The van der Waals surface area contributed by atoms with Gasteiger partial charge in [0.05, 0.1) is 13.5 Å². The van der Waals surface area contributed by atoms with E-state index >= 15 is 0 Å². The number of methoxy groups -OCH3 is 1. The maximum Gasteiger partial charge on any atom is 0.252 e. The molecular weight excluding hydrogens is 372 g/mol. The van der Waals surface area contributed by atoms with E-state index in [9.17, 15) is 13.2 Å². The molecule has 0 aliphatic carbocycles. The first-order valence-electron chi connectivity index (χ1n) is 8.52. The van der Waals surface area contributed by atoms with Gasteiger partial charge in [0.25, 0.3) is 10.0 Å². The first-order chi connectivity index (χ1) is 12.5. The highest BCUT2D eigenvalue weighted by atomic mass is 32.2. The summed E-state index contributed by atoms with van der Waals surface area (Å²) >= 11 is 1.17. The Labute approximate surface area is 157 Å². The first kappa shape index (κ1) is 18.9. The van der Waals surface area contributed by atoms with Crippen molar-refractivity contribution in [3.8, 4) is 5.75 Å². The molecule has 8 heteroatoms. The topological polar surface area (TPSA) is 75.7 Å². The van der Waals surface area contributed by atoms with Crippen molar-refractivity contribution in [1.29, 1.82) is 0 Å². The van der Waals surface area contributed by atoms with Crippen LogP contribution in [0.4, 0.5) is 5.69 Å². The zero-order chi connectivity index (χ0) is 18.6. The van der Waals surface area contributed by atoms with E-state index in [4.69, 9.17) is 4.74 Å². The van der Waals surface area contributed by atoms with E-state index in [1.165, 1.54) is 11.3 Å². The van der Waals surface area contributed by atoms with Gasteiger partial charge in [-0.25, -0.2) is 8.42 Å². The van der Waals surface area contributed by atoms with E-state index in [2.05, 4.69) is 5.32 Å². The largest absolute Gasteiger partial charge is 0.497 e. The van der Waals surface area contributed by atoms with Gasteiger partial charge in [-0.15, -0.1) is 11.3 Å². The van der Waals surface area contributed by atoms with Gasteiger partial charge in [-0.05, 0) is 49.2 Å². The van der Waals surface area contributed by atoms with Crippen molar-refractivity contribution in [1.82, 2.24) is 4.31 Å². The standard InChI is InChI=1S/C18H22N2O4S2/c1-24-15-7-5-14(6-8-15)19-17(21)13-16-9-10-18(25-16)26(22,23)20-11-3-2-4-12-20/h5-10H,2-4,11-13H2,1H3,(H,19,21). The van der Waals surface area contributed by atoms with Crippen LogP contribution in [-0.2, 0) is 21.2 Å². The predicted octanol–water partition coefficient (Wildman–Crippen LogP) is 3.11. The Bertz CT molecular complexity index is 854. The van der Waals surface area contributed by atoms with Crippen LogP contribution in [0.15, 0.2) is 40.6 Å². The number of thiophene rings is 1. The van der Waals surface area contributed by atoms with Crippen LogP contribution in [0.3, 0.4) is 0 Å². The van der Waals surface area contributed by atoms with Crippen molar-refractivity contribution in [2.45, 2.75) is 29.9 Å². The Morgan fingerprint density at radius 3 is 2.46 bits per heavy atom. The summed E-state index contributed by atoms with van der Waals surface area (Å²) in [4.78, 5) is 12.9. The summed E-state index contributed by atoms with van der Waals surface area (Å²) in [5, 5.41) is 2.81. The van der Waals surface area contributed by atoms with Crippen molar-refractivity contribution < 1.29 is 17.9 Å². The Morgan fingerprint density at radius 1 is 1.12 bits per heavy atom. The minimum absolute atomic E-state index is 0.145. The average molecular weight is 395 g/mol. The third kappa shape index (κ3) is 4.44. The van der Waals surface area contributed by atoms with Crippen LogP contribution < -0.4 is 10.1 Å². The first-order valence-corrected chi connectivity index (χ1v) is 10.8. The predicted molar refractivity (Wildman–Crippen MR) is 102 cm³/mol. The number of benzene rings is 1. The molecule has 0 radical (unpaired) electrons. The number of hydrogen-bond donors (Lipinski definition) is 1. The number of carbonyl (C=O) groups is 1.